The monoisotopic (exact) mass is 424 g/mol. The Morgan fingerprint density at radius 2 is 2.28 bits per heavy atom. The first-order valence-corrected chi connectivity index (χ1v) is 10.5. The van der Waals surface area contributed by atoms with Gasteiger partial charge in [-0.2, -0.15) is 4.98 Å². The van der Waals surface area contributed by atoms with Crippen LogP contribution in [0.4, 0.5) is 5.95 Å². The molecule has 0 aliphatic carbocycles. The smallest absolute Gasteiger partial charge is 0.311 e. The van der Waals surface area contributed by atoms with Crippen LogP contribution in [0.5, 0.6) is 0 Å². The second-order valence-electron chi connectivity index (χ2n) is 7.28. The summed E-state index contributed by atoms with van der Waals surface area (Å²) in [7, 11) is 0. The maximum absolute atomic E-state index is 12.8. The summed E-state index contributed by atoms with van der Waals surface area (Å²) < 4.78 is 13.2. The van der Waals surface area contributed by atoms with Crippen LogP contribution in [0.2, 0.25) is 0 Å². The number of anilines is 1. The summed E-state index contributed by atoms with van der Waals surface area (Å²) in [6, 6.07) is -0.338. The van der Waals surface area contributed by atoms with Crippen molar-refractivity contribution in [1.82, 2.24) is 19.9 Å². The maximum Gasteiger partial charge on any atom is 0.311 e. The van der Waals surface area contributed by atoms with Crippen molar-refractivity contribution in [2.24, 2.45) is 5.73 Å². The lowest BCUT2D eigenvalue weighted by Gasteiger charge is -2.36. The summed E-state index contributed by atoms with van der Waals surface area (Å²) in [6.45, 7) is 10.1. The minimum atomic E-state index is -0.975. The Balaban J connectivity index is 2.09. The van der Waals surface area contributed by atoms with Crippen molar-refractivity contribution < 1.29 is 9.47 Å². The number of nitrogens with one attached hydrogen (secondary N) is 2. The number of thiazole rings is 1. The van der Waals surface area contributed by atoms with E-state index in [4.69, 9.17) is 20.9 Å². The largest absolute Gasteiger partial charge is 0.480 e. The molecule has 29 heavy (non-hydrogen) atoms. The van der Waals surface area contributed by atoms with Crippen molar-refractivity contribution in [3.8, 4) is 0 Å². The van der Waals surface area contributed by atoms with Crippen LogP contribution in [0, 0.1) is 0 Å². The highest BCUT2D eigenvalue weighted by Gasteiger charge is 2.51. The Morgan fingerprint density at radius 1 is 1.55 bits per heavy atom. The van der Waals surface area contributed by atoms with E-state index in [-0.39, 0.29) is 33.3 Å². The molecule has 1 aliphatic rings. The Kier molecular flexibility index (Phi) is 6.01. The summed E-state index contributed by atoms with van der Waals surface area (Å²) >= 11 is 0.797. The zero-order chi connectivity index (χ0) is 21.3. The Labute approximate surface area is 171 Å². The van der Waals surface area contributed by atoms with E-state index >= 15 is 0 Å². The van der Waals surface area contributed by atoms with Crippen molar-refractivity contribution in [3.05, 3.63) is 32.5 Å². The van der Waals surface area contributed by atoms with Crippen LogP contribution in [0.1, 0.15) is 46.3 Å². The number of nitrogens with zero attached hydrogens (tertiary/aromatic N) is 2. The van der Waals surface area contributed by atoms with Crippen LogP contribution in [-0.2, 0) is 9.47 Å². The van der Waals surface area contributed by atoms with Gasteiger partial charge < -0.3 is 26.3 Å². The van der Waals surface area contributed by atoms with Crippen molar-refractivity contribution in [1.29, 1.82) is 0 Å². The lowest BCUT2D eigenvalue weighted by Crippen LogP contribution is -2.59. The third kappa shape index (κ3) is 3.89. The second-order valence-corrected chi connectivity index (χ2v) is 8.24. The fraction of sp³-hybridized carbons (Fsp3) is 0.611. The van der Waals surface area contributed by atoms with Crippen LogP contribution in [0.3, 0.4) is 0 Å². The van der Waals surface area contributed by atoms with Gasteiger partial charge in [-0.1, -0.05) is 24.7 Å². The van der Waals surface area contributed by atoms with Crippen molar-refractivity contribution in [3.63, 3.8) is 0 Å². The zero-order valence-electron chi connectivity index (χ0n) is 16.9. The van der Waals surface area contributed by atoms with E-state index < -0.39 is 17.3 Å². The van der Waals surface area contributed by atoms with Gasteiger partial charge in [0.1, 0.15) is 4.70 Å². The standard InChI is InChI=1S/C18H28N6O4S/c1-5-7-11-8-18(20,9(3)21-10(4)27-6-2)15(28-11)24-13-12(29-17(24)26)14(25)23-16(19)22-13/h9,11,15,21H,4-8,20H2,1-3H3,(H3,19,22,23,25)/t9-,11?,15-,18-/m1/s1. The van der Waals surface area contributed by atoms with Gasteiger partial charge in [0.25, 0.3) is 5.56 Å². The average molecular weight is 425 g/mol. The molecule has 160 valence electrons. The Bertz CT molecular complexity index is 1010. The molecule has 3 rings (SSSR count). The number of nitrogens with two attached hydrogens (primary N) is 2. The molecule has 0 bridgehead atoms. The van der Waals surface area contributed by atoms with Gasteiger partial charge in [-0.25, -0.2) is 0 Å². The predicted octanol–water partition coefficient (Wildman–Crippen LogP) is 0.999. The number of H-pyrrole nitrogens is 1. The van der Waals surface area contributed by atoms with Gasteiger partial charge in [-0.05, 0) is 33.3 Å². The lowest BCUT2D eigenvalue weighted by molar-refractivity contribution is -0.0261. The molecule has 0 saturated carbocycles. The first-order chi connectivity index (χ1) is 13.7. The SMILES string of the molecule is C=C(N[C@H](C)[C@]1(N)CC(CCC)O[C@H]1n1c(=O)sc2c(=O)[nH]c(N)nc21)OCC. The number of hydrogen-bond acceptors (Lipinski definition) is 9. The summed E-state index contributed by atoms with van der Waals surface area (Å²) in [4.78, 5) is 31.3. The molecule has 1 saturated heterocycles. The van der Waals surface area contributed by atoms with Crippen molar-refractivity contribution in [2.45, 2.75) is 63.9 Å². The molecule has 0 radical (unpaired) electrons. The molecule has 2 aromatic rings. The average Bonchev–Trinajstić information content (AvgIpc) is 3.12. The van der Waals surface area contributed by atoms with Gasteiger partial charge in [0.2, 0.25) is 5.95 Å². The van der Waals surface area contributed by atoms with E-state index in [1.807, 2.05) is 13.8 Å². The molecule has 0 spiro atoms. The minimum absolute atomic E-state index is 0.0735. The van der Waals surface area contributed by atoms with Crippen LogP contribution >= 0.6 is 11.3 Å². The number of ether oxygens (including phenoxy) is 2. The van der Waals surface area contributed by atoms with E-state index in [1.165, 1.54) is 4.57 Å². The molecule has 2 aromatic heterocycles. The topological polar surface area (TPSA) is 150 Å². The number of hydrogen-bond donors (Lipinski definition) is 4. The van der Waals surface area contributed by atoms with Crippen LogP contribution in [0.15, 0.2) is 22.1 Å². The van der Waals surface area contributed by atoms with Crippen LogP contribution in [0.25, 0.3) is 10.3 Å². The van der Waals surface area contributed by atoms with Gasteiger partial charge in [-0.3, -0.25) is 19.1 Å². The molecule has 11 heteroatoms. The van der Waals surface area contributed by atoms with E-state index in [0.29, 0.717) is 18.9 Å². The number of fused-ring (bicyclic) bond motifs is 1. The van der Waals surface area contributed by atoms with Crippen molar-refractivity contribution >= 4 is 27.6 Å². The first kappa shape index (κ1) is 21.3. The van der Waals surface area contributed by atoms with Gasteiger partial charge in [0.05, 0.1) is 18.2 Å². The third-order valence-electron chi connectivity index (χ3n) is 5.20. The number of aromatic amines is 1. The summed E-state index contributed by atoms with van der Waals surface area (Å²) in [5.41, 5.74) is 11.3. The molecule has 3 heterocycles. The molecule has 10 nitrogen and oxygen atoms in total. The fourth-order valence-corrected chi connectivity index (χ4v) is 4.61. The summed E-state index contributed by atoms with van der Waals surface area (Å²) in [5.74, 6) is 0.319. The highest BCUT2D eigenvalue weighted by atomic mass is 32.1. The molecular formula is C18H28N6O4S. The molecule has 1 fully saturated rings. The first-order valence-electron chi connectivity index (χ1n) is 9.64. The molecule has 6 N–H and O–H groups in total. The summed E-state index contributed by atoms with van der Waals surface area (Å²) in [5, 5.41) is 3.16. The molecule has 1 aliphatic heterocycles. The predicted molar refractivity (Wildman–Crippen MR) is 113 cm³/mol. The van der Waals surface area contributed by atoms with Gasteiger partial charge >= 0.3 is 4.87 Å². The number of aromatic nitrogens is 3. The minimum Gasteiger partial charge on any atom is -0.480 e. The second kappa shape index (κ2) is 8.17. The van der Waals surface area contributed by atoms with Gasteiger partial charge in [0, 0.05) is 6.04 Å². The number of rotatable bonds is 8. The van der Waals surface area contributed by atoms with E-state index in [2.05, 4.69) is 28.8 Å². The quantitative estimate of drug-likeness (QED) is 0.458. The lowest BCUT2D eigenvalue weighted by atomic mass is 9.86. The highest BCUT2D eigenvalue weighted by Crippen LogP contribution is 2.41. The third-order valence-corrected chi connectivity index (χ3v) is 6.14. The molecule has 1 unspecified atom stereocenters. The normalized spacial score (nSPS) is 25.2. The molecular weight excluding hydrogens is 396 g/mol. The van der Waals surface area contributed by atoms with Gasteiger partial charge in [0.15, 0.2) is 17.8 Å². The van der Waals surface area contributed by atoms with Crippen molar-refractivity contribution in [2.75, 3.05) is 12.3 Å². The maximum atomic E-state index is 12.8. The van der Waals surface area contributed by atoms with E-state index in [1.54, 1.807) is 0 Å². The summed E-state index contributed by atoms with van der Waals surface area (Å²) in [6.07, 6.45) is 1.25. The van der Waals surface area contributed by atoms with Crippen LogP contribution in [-0.4, -0.2) is 38.8 Å². The Hall–Kier alpha value is -2.37. The fourth-order valence-electron chi connectivity index (χ4n) is 3.78. The van der Waals surface area contributed by atoms with Crippen LogP contribution < -0.4 is 27.2 Å². The molecule has 0 amide bonds. The molecule has 4 atom stereocenters. The number of nitrogen functional groups attached to an aromatic ring is 1. The highest BCUT2D eigenvalue weighted by molar-refractivity contribution is 7.16. The zero-order valence-corrected chi connectivity index (χ0v) is 17.7. The van der Waals surface area contributed by atoms with E-state index in [0.717, 1.165) is 24.2 Å². The van der Waals surface area contributed by atoms with E-state index in [9.17, 15) is 9.59 Å². The Morgan fingerprint density at radius 3 is 2.93 bits per heavy atom. The molecule has 0 aromatic carbocycles. The van der Waals surface area contributed by atoms with Gasteiger partial charge in [-0.15, -0.1) is 0 Å².